The molecule has 0 fully saturated rings. The number of halogens is 2. The Morgan fingerprint density at radius 3 is 1.62 bits per heavy atom. The maximum Gasteiger partial charge on any atom is 0 e. The average molecular weight is 319 g/mol. The molecule has 0 saturated heterocycles. The summed E-state index contributed by atoms with van der Waals surface area (Å²) in [5.41, 5.74) is 1.33. The van der Waals surface area contributed by atoms with E-state index in [1.807, 2.05) is 18.2 Å². The Hall–Kier alpha value is 0.670. The molecule has 0 heterocycles. The monoisotopic (exact) mass is 318 g/mol. The number of hydrogen-bond acceptors (Lipinski definition) is 0. The van der Waals surface area contributed by atoms with Gasteiger partial charge in [0, 0.05) is 25.8 Å². The Morgan fingerprint density at radius 1 is 1.00 bits per heavy atom. The van der Waals surface area contributed by atoms with Crippen LogP contribution in [0.2, 0.25) is 0 Å². The quantitative estimate of drug-likeness (QED) is 0.502. The summed E-state index contributed by atoms with van der Waals surface area (Å²) >= 11 is 0. The smallest absolute Gasteiger partial charge is 0 e. The van der Waals surface area contributed by atoms with E-state index in [1.54, 1.807) is 0 Å². The third-order valence-corrected chi connectivity index (χ3v) is 1.56. The fourth-order valence-corrected chi connectivity index (χ4v) is 0.889. The van der Waals surface area contributed by atoms with Crippen LogP contribution < -0.4 is 24.8 Å². The third-order valence-electron chi connectivity index (χ3n) is 1.56. The van der Waals surface area contributed by atoms with Gasteiger partial charge < -0.3 is 24.8 Å². The third kappa shape index (κ3) is 6.70. The van der Waals surface area contributed by atoms with Crippen molar-refractivity contribution in [2.24, 2.45) is 0 Å². The van der Waals surface area contributed by atoms with Gasteiger partial charge in [-0.2, -0.15) is 0 Å². The maximum absolute atomic E-state index is 4.04. The van der Waals surface area contributed by atoms with Gasteiger partial charge in [0.15, 0.2) is 0 Å². The van der Waals surface area contributed by atoms with Crippen molar-refractivity contribution in [3.63, 3.8) is 0 Å². The van der Waals surface area contributed by atoms with E-state index in [9.17, 15) is 0 Å². The van der Waals surface area contributed by atoms with E-state index >= 15 is 0 Å². The Bertz CT molecular complexity index is 204. The summed E-state index contributed by atoms with van der Waals surface area (Å²) in [6.07, 6.45) is 0. The van der Waals surface area contributed by atoms with Crippen LogP contribution in [-0.2, 0) is 5.41 Å². The molecular formula is C10H13Cl2In-2. The first kappa shape index (κ1) is 19.3. The average Bonchev–Trinajstić information content (AvgIpc) is 1.88. The molecule has 0 amide bonds. The molecule has 1 aromatic carbocycles. The molecule has 0 aliphatic heterocycles. The Kier molecular flexibility index (Phi) is 11.9. The van der Waals surface area contributed by atoms with Gasteiger partial charge in [0.2, 0.25) is 0 Å². The zero-order chi connectivity index (χ0) is 7.61. The minimum atomic E-state index is 0. The van der Waals surface area contributed by atoms with Gasteiger partial charge in [0.25, 0.3) is 0 Å². The predicted molar refractivity (Wildman–Crippen MR) is 50.6 cm³/mol. The molecule has 0 nitrogen and oxygen atoms in total. The van der Waals surface area contributed by atoms with Crippen LogP contribution in [0.5, 0.6) is 0 Å². The second kappa shape index (κ2) is 8.02. The number of hydrogen-bond donors (Lipinski definition) is 0. The summed E-state index contributed by atoms with van der Waals surface area (Å²) < 4.78 is 0. The summed E-state index contributed by atoms with van der Waals surface area (Å²) in [6.45, 7) is 8.27. The molecule has 4 radical (unpaired) electrons. The van der Waals surface area contributed by atoms with Crippen molar-refractivity contribution >= 4 is 25.8 Å². The van der Waals surface area contributed by atoms with Gasteiger partial charge in [-0.3, -0.25) is 0 Å². The Balaban J connectivity index is -0.000000333. The van der Waals surface area contributed by atoms with E-state index in [4.69, 9.17) is 0 Å². The van der Waals surface area contributed by atoms with Gasteiger partial charge in [-0.25, -0.2) is 0 Å². The molecule has 0 aromatic heterocycles. The first-order chi connectivity index (χ1) is 4.61. The minimum Gasteiger partial charge on any atom is -1.00 e. The predicted octanol–water partition coefficient (Wildman–Crippen LogP) is -3.57. The molecular weight excluding hydrogens is 306 g/mol. The SMILES string of the molecule is [CH2]C(C)(C)c1ccccc1.[Cl-].[Cl-].[In]. The van der Waals surface area contributed by atoms with Crippen LogP contribution in [0.1, 0.15) is 19.4 Å². The van der Waals surface area contributed by atoms with Crippen LogP contribution in [0.4, 0.5) is 0 Å². The molecule has 1 aromatic rings. The molecule has 0 spiro atoms. The van der Waals surface area contributed by atoms with E-state index in [0.29, 0.717) is 0 Å². The van der Waals surface area contributed by atoms with Gasteiger partial charge in [0.05, 0.1) is 0 Å². The normalized spacial score (nSPS) is 8.85. The second-order valence-corrected chi connectivity index (χ2v) is 3.25. The van der Waals surface area contributed by atoms with E-state index in [-0.39, 0.29) is 56.1 Å². The minimum absolute atomic E-state index is 0. The maximum atomic E-state index is 4.04. The first-order valence-electron chi connectivity index (χ1n) is 3.51. The molecule has 0 atom stereocenters. The van der Waals surface area contributed by atoms with Gasteiger partial charge in [0.1, 0.15) is 0 Å². The molecule has 0 saturated carbocycles. The van der Waals surface area contributed by atoms with Crippen molar-refractivity contribution in [2.45, 2.75) is 19.3 Å². The van der Waals surface area contributed by atoms with Gasteiger partial charge in [-0.15, -0.1) is 0 Å². The zero-order valence-electron chi connectivity index (χ0n) is 7.93. The van der Waals surface area contributed by atoms with Crippen LogP contribution in [0, 0.1) is 6.92 Å². The van der Waals surface area contributed by atoms with Crippen LogP contribution in [-0.4, -0.2) is 25.8 Å². The zero-order valence-corrected chi connectivity index (χ0v) is 12.7. The molecule has 0 aliphatic carbocycles. The van der Waals surface area contributed by atoms with E-state index in [0.717, 1.165) is 0 Å². The molecule has 72 valence electrons. The van der Waals surface area contributed by atoms with Crippen LogP contribution >= 0.6 is 0 Å². The van der Waals surface area contributed by atoms with Crippen molar-refractivity contribution in [3.8, 4) is 0 Å². The van der Waals surface area contributed by atoms with Gasteiger partial charge in [-0.1, -0.05) is 44.2 Å². The van der Waals surface area contributed by atoms with E-state index < -0.39 is 0 Å². The van der Waals surface area contributed by atoms with Crippen molar-refractivity contribution in [1.82, 2.24) is 0 Å². The van der Waals surface area contributed by atoms with Crippen molar-refractivity contribution in [1.29, 1.82) is 0 Å². The summed E-state index contributed by atoms with van der Waals surface area (Å²) in [5, 5.41) is 0. The van der Waals surface area contributed by atoms with E-state index in [2.05, 4.69) is 32.9 Å². The summed E-state index contributed by atoms with van der Waals surface area (Å²) in [7, 11) is 0. The standard InChI is InChI=1S/C10H13.2ClH.In/c1-10(2,3)9-7-5-4-6-8-9;;;/h4-8H,1H2,2-3H3;2*1H;/p-2. The Labute approximate surface area is 112 Å². The fourth-order valence-electron chi connectivity index (χ4n) is 0.889. The topological polar surface area (TPSA) is 0 Å². The fraction of sp³-hybridized carbons (Fsp3) is 0.300. The molecule has 0 N–H and O–H groups in total. The molecule has 0 bridgehead atoms. The number of rotatable bonds is 1. The van der Waals surface area contributed by atoms with Gasteiger partial charge >= 0.3 is 0 Å². The molecule has 0 aliphatic rings. The number of benzene rings is 1. The summed E-state index contributed by atoms with van der Waals surface area (Å²) in [5.74, 6) is 0. The Morgan fingerprint density at radius 2 is 1.38 bits per heavy atom. The van der Waals surface area contributed by atoms with Crippen LogP contribution in [0.25, 0.3) is 0 Å². The summed E-state index contributed by atoms with van der Waals surface area (Å²) in [4.78, 5) is 0. The first-order valence-corrected chi connectivity index (χ1v) is 3.51. The molecule has 1 rings (SSSR count). The second-order valence-electron chi connectivity index (χ2n) is 3.25. The molecule has 0 unspecified atom stereocenters. The van der Waals surface area contributed by atoms with Crippen molar-refractivity contribution in [2.75, 3.05) is 0 Å². The van der Waals surface area contributed by atoms with Crippen molar-refractivity contribution < 1.29 is 24.8 Å². The molecule has 3 heteroatoms. The van der Waals surface area contributed by atoms with Crippen LogP contribution in [0.3, 0.4) is 0 Å². The van der Waals surface area contributed by atoms with Crippen molar-refractivity contribution in [3.05, 3.63) is 42.8 Å². The van der Waals surface area contributed by atoms with E-state index in [1.165, 1.54) is 5.56 Å². The largest absolute Gasteiger partial charge is 1.00 e. The molecule has 13 heavy (non-hydrogen) atoms. The van der Waals surface area contributed by atoms with Gasteiger partial charge in [-0.05, 0) is 17.9 Å². The summed E-state index contributed by atoms with van der Waals surface area (Å²) in [6, 6.07) is 10.3. The van der Waals surface area contributed by atoms with Crippen LogP contribution in [0.15, 0.2) is 30.3 Å².